The summed E-state index contributed by atoms with van der Waals surface area (Å²) >= 11 is 0. The molecule has 4 heteroatoms. The lowest BCUT2D eigenvalue weighted by atomic mass is 9.91. The van der Waals surface area contributed by atoms with E-state index in [2.05, 4.69) is 0 Å². The molecule has 0 radical (unpaired) electrons. The zero-order chi connectivity index (χ0) is 12.3. The Kier molecular flexibility index (Phi) is 3.65. The van der Waals surface area contributed by atoms with Crippen LogP contribution in [0.1, 0.15) is 12.5 Å². The SMILES string of the molecule is COC(=O)C(C)(c1ccc(F)cc1)N(C)C. The number of ether oxygens (including phenoxy) is 1. The van der Waals surface area contributed by atoms with Crippen molar-refractivity contribution in [1.29, 1.82) is 0 Å². The highest BCUT2D eigenvalue weighted by atomic mass is 19.1. The average Bonchev–Trinajstić information content (AvgIpc) is 2.27. The van der Waals surface area contributed by atoms with Crippen LogP contribution in [0.5, 0.6) is 0 Å². The first-order chi connectivity index (χ1) is 7.42. The Morgan fingerprint density at radius 2 is 1.81 bits per heavy atom. The van der Waals surface area contributed by atoms with Crippen LogP contribution >= 0.6 is 0 Å². The van der Waals surface area contributed by atoms with Crippen molar-refractivity contribution in [3.63, 3.8) is 0 Å². The fourth-order valence-corrected chi connectivity index (χ4v) is 1.53. The molecule has 0 spiro atoms. The van der Waals surface area contributed by atoms with Crippen molar-refractivity contribution in [3.05, 3.63) is 35.6 Å². The Balaban J connectivity index is 3.21. The Morgan fingerprint density at radius 1 is 1.31 bits per heavy atom. The third-order valence-electron chi connectivity index (χ3n) is 2.88. The number of hydrogen-bond donors (Lipinski definition) is 0. The second kappa shape index (κ2) is 4.61. The van der Waals surface area contributed by atoms with Crippen molar-refractivity contribution in [2.75, 3.05) is 21.2 Å². The Hall–Kier alpha value is -1.42. The monoisotopic (exact) mass is 225 g/mol. The summed E-state index contributed by atoms with van der Waals surface area (Å²) in [6.07, 6.45) is 0. The van der Waals surface area contributed by atoms with Gasteiger partial charge in [-0.05, 0) is 38.7 Å². The molecule has 0 aliphatic rings. The number of rotatable bonds is 3. The van der Waals surface area contributed by atoms with Crippen LogP contribution in [0.2, 0.25) is 0 Å². The molecular weight excluding hydrogens is 209 g/mol. The maximum atomic E-state index is 12.8. The minimum absolute atomic E-state index is 0.324. The number of carbonyl (C=O) groups is 1. The first kappa shape index (κ1) is 12.6. The molecule has 0 aromatic heterocycles. The normalized spacial score (nSPS) is 14.6. The zero-order valence-corrected chi connectivity index (χ0v) is 9.95. The maximum Gasteiger partial charge on any atom is 0.330 e. The van der Waals surface area contributed by atoms with E-state index in [0.29, 0.717) is 5.56 Å². The predicted octanol–water partition coefficient (Wildman–Crippen LogP) is 1.78. The second-order valence-electron chi connectivity index (χ2n) is 3.97. The van der Waals surface area contributed by atoms with E-state index < -0.39 is 5.54 Å². The summed E-state index contributed by atoms with van der Waals surface area (Å²) in [6.45, 7) is 1.74. The summed E-state index contributed by atoms with van der Waals surface area (Å²) in [5, 5.41) is 0. The molecule has 3 nitrogen and oxygen atoms in total. The highest BCUT2D eigenvalue weighted by Crippen LogP contribution is 2.27. The van der Waals surface area contributed by atoms with Gasteiger partial charge in [-0.25, -0.2) is 9.18 Å². The molecule has 1 rings (SSSR count). The van der Waals surface area contributed by atoms with E-state index in [-0.39, 0.29) is 11.8 Å². The van der Waals surface area contributed by atoms with Gasteiger partial charge in [-0.2, -0.15) is 0 Å². The summed E-state index contributed by atoms with van der Waals surface area (Å²) in [6, 6.07) is 5.85. The van der Waals surface area contributed by atoms with E-state index in [4.69, 9.17) is 4.74 Å². The maximum absolute atomic E-state index is 12.8. The Labute approximate surface area is 94.8 Å². The molecule has 1 aromatic carbocycles. The number of benzene rings is 1. The van der Waals surface area contributed by atoms with Gasteiger partial charge in [0.25, 0.3) is 0 Å². The number of esters is 1. The highest BCUT2D eigenvalue weighted by molar-refractivity contribution is 5.82. The molecule has 88 valence electrons. The van der Waals surface area contributed by atoms with Gasteiger partial charge in [0, 0.05) is 0 Å². The van der Waals surface area contributed by atoms with Crippen molar-refractivity contribution >= 4 is 5.97 Å². The fraction of sp³-hybridized carbons (Fsp3) is 0.417. The molecule has 0 heterocycles. The lowest BCUT2D eigenvalue weighted by Crippen LogP contribution is -2.46. The van der Waals surface area contributed by atoms with Crippen molar-refractivity contribution in [1.82, 2.24) is 4.90 Å². The molecule has 1 unspecified atom stereocenters. The largest absolute Gasteiger partial charge is 0.467 e. The topological polar surface area (TPSA) is 29.5 Å². The highest BCUT2D eigenvalue weighted by Gasteiger charge is 2.38. The fourth-order valence-electron chi connectivity index (χ4n) is 1.53. The molecule has 0 aliphatic carbocycles. The summed E-state index contributed by atoms with van der Waals surface area (Å²) in [7, 11) is 4.90. The first-order valence-electron chi connectivity index (χ1n) is 4.94. The summed E-state index contributed by atoms with van der Waals surface area (Å²) in [5.74, 6) is -0.696. The van der Waals surface area contributed by atoms with Crippen LogP contribution in [0.25, 0.3) is 0 Å². The van der Waals surface area contributed by atoms with Gasteiger partial charge in [0.05, 0.1) is 7.11 Å². The van der Waals surface area contributed by atoms with Crippen LogP contribution in [0.15, 0.2) is 24.3 Å². The molecule has 1 aromatic rings. The van der Waals surface area contributed by atoms with Gasteiger partial charge in [-0.3, -0.25) is 4.90 Å². The average molecular weight is 225 g/mol. The van der Waals surface area contributed by atoms with E-state index in [1.807, 2.05) is 0 Å². The zero-order valence-electron chi connectivity index (χ0n) is 9.95. The molecule has 0 fully saturated rings. The van der Waals surface area contributed by atoms with Crippen molar-refractivity contribution < 1.29 is 13.9 Å². The van der Waals surface area contributed by atoms with Crippen molar-refractivity contribution in [2.24, 2.45) is 0 Å². The second-order valence-corrected chi connectivity index (χ2v) is 3.97. The van der Waals surface area contributed by atoms with Gasteiger partial charge in [-0.1, -0.05) is 12.1 Å². The molecule has 0 amide bonds. The van der Waals surface area contributed by atoms with Gasteiger partial charge < -0.3 is 4.74 Å². The molecule has 16 heavy (non-hydrogen) atoms. The number of nitrogens with zero attached hydrogens (tertiary/aromatic N) is 1. The summed E-state index contributed by atoms with van der Waals surface area (Å²) in [4.78, 5) is 13.5. The van der Waals surface area contributed by atoms with Gasteiger partial charge in [0.15, 0.2) is 0 Å². The van der Waals surface area contributed by atoms with Crippen LogP contribution in [0, 0.1) is 5.82 Å². The van der Waals surface area contributed by atoms with Gasteiger partial charge in [-0.15, -0.1) is 0 Å². The standard InChI is InChI=1S/C12H16FNO2/c1-12(14(2)3,11(15)16-4)9-5-7-10(13)8-6-9/h5-8H,1-4H3. The van der Waals surface area contributed by atoms with E-state index in [1.165, 1.54) is 19.2 Å². The third-order valence-corrected chi connectivity index (χ3v) is 2.88. The van der Waals surface area contributed by atoms with Gasteiger partial charge in [0.1, 0.15) is 11.4 Å². The van der Waals surface area contributed by atoms with Crippen molar-refractivity contribution in [3.8, 4) is 0 Å². The molecule has 0 bridgehead atoms. The first-order valence-corrected chi connectivity index (χ1v) is 4.94. The molecule has 0 N–H and O–H groups in total. The van der Waals surface area contributed by atoms with E-state index >= 15 is 0 Å². The number of halogens is 1. The lowest BCUT2D eigenvalue weighted by Gasteiger charge is -2.33. The van der Waals surface area contributed by atoms with E-state index in [0.717, 1.165) is 0 Å². The molecule has 0 saturated carbocycles. The smallest absolute Gasteiger partial charge is 0.330 e. The Bertz CT molecular complexity index is 375. The number of carbonyl (C=O) groups excluding carboxylic acids is 1. The van der Waals surface area contributed by atoms with Crippen LogP contribution in [0.3, 0.4) is 0 Å². The van der Waals surface area contributed by atoms with Crippen LogP contribution < -0.4 is 0 Å². The third kappa shape index (κ3) is 2.07. The molecular formula is C12H16FNO2. The van der Waals surface area contributed by atoms with Gasteiger partial charge in [0.2, 0.25) is 0 Å². The molecule has 1 atom stereocenters. The molecule has 0 saturated heterocycles. The van der Waals surface area contributed by atoms with Crippen molar-refractivity contribution in [2.45, 2.75) is 12.5 Å². The van der Waals surface area contributed by atoms with Crippen LogP contribution in [-0.4, -0.2) is 32.1 Å². The summed E-state index contributed by atoms with van der Waals surface area (Å²) < 4.78 is 17.6. The van der Waals surface area contributed by atoms with Gasteiger partial charge >= 0.3 is 5.97 Å². The molecule has 0 aliphatic heterocycles. The number of likely N-dealkylation sites (N-methyl/N-ethyl adjacent to an activating group) is 1. The van der Waals surface area contributed by atoms with E-state index in [1.54, 1.807) is 38.1 Å². The Morgan fingerprint density at radius 3 is 2.19 bits per heavy atom. The number of methoxy groups -OCH3 is 1. The predicted molar refractivity (Wildman–Crippen MR) is 59.5 cm³/mol. The summed E-state index contributed by atoms with van der Waals surface area (Å²) in [5.41, 5.74) is -0.201. The minimum Gasteiger partial charge on any atom is -0.467 e. The lowest BCUT2D eigenvalue weighted by molar-refractivity contribution is -0.153. The van der Waals surface area contributed by atoms with Crippen LogP contribution in [-0.2, 0) is 15.1 Å². The number of hydrogen-bond acceptors (Lipinski definition) is 3. The minimum atomic E-state index is -0.900. The van der Waals surface area contributed by atoms with E-state index in [9.17, 15) is 9.18 Å². The quantitative estimate of drug-likeness (QED) is 0.734. The van der Waals surface area contributed by atoms with Crippen LogP contribution in [0.4, 0.5) is 4.39 Å².